The van der Waals surface area contributed by atoms with E-state index in [-0.39, 0.29) is 20.9 Å². The molecule has 0 fully saturated rings. The highest BCUT2D eigenvalue weighted by Gasteiger charge is 2.18. The highest BCUT2D eigenvalue weighted by atomic mass is 28.3. The molecule has 0 amide bonds. The average Bonchev–Trinajstić information content (AvgIpc) is 2.78. The van der Waals surface area contributed by atoms with Crippen molar-refractivity contribution in [1.82, 2.24) is 38.0 Å². The summed E-state index contributed by atoms with van der Waals surface area (Å²) in [5.41, 5.74) is 0.413. The van der Waals surface area contributed by atoms with Crippen molar-refractivity contribution in [3.8, 4) is 0 Å². The molecule has 0 bridgehead atoms. The molecular formula is C29H80N8Si3. The van der Waals surface area contributed by atoms with E-state index in [1.54, 1.807) is 0 Å². The van der Waals surface area contributed by atoms with Crippen LogP contribution in [0.5, 0.6) is 0 Å². The van der Waals surface area contributed by atoms with E-state index in [9.17, 15) is 0 Å². The maximum atomic E-state index is 3.37. The summed E-state index contributed by atoms with van der Waals surface area (Å²) in [6, 6.07) is 1.48. The van der Waals surface area contributed by atoms with Crippen molar-refractivity contribution in [2.24, 2.45) is 0 Å². The first-order chi connectivity index (χ1) is 18.0. The molecule has 0 radical (unpaired) electrons. The minimum absolute atomic E-state index is 0.0941. The van der Waals surface area contributed by atoms with Crippen molar-refractivity contribution in [2.75, 3.05) is 75.1 Å². The van der Waals surface area contributed by atoms with Gasteiger partial charge in [0.2, 0.25) is 0 Å². The average molecular weight is 625 g/mol. The van der Waals surface area contributed by atoms with Crippen LogP contribution in [0, 0.1) is 0 Å². The topological polar surface area (TPSA) is 43.5 Å². The number of hydrogen-bond acceptors (Lipinski definition) is 8. The van der Waals surface area contributed by atoms with Gasteiger partial charge in [-0.3, -0.25) is 10.6 Å². The van der Waals surface area contributed by atoms with Gasteiger partial charge in [0.15, 0.2) is 9.84 Å². The standard InChI is InChI=1S/C9H22N2.C8H22N2Si.C6H19N3Si.C6H17NSi/c1-8(2,3)10-7-11-9(4,5)6;1-5-9(6-2)11-10(7-3)8-4;1-7(2)10(8(3)4)9(5)6;1-5(2)7(8)6(3)4/h10-11H,7H2,1-6H3;5-8,11H2,1-4H3;10H,1-6H3;5-6H,1-4,8H3. The van der Waals surface area contributed by atoms with Crippen molar-refractivity contribution in [3.63, 3.8) is 0 Å². The van der Waals surface area contributed by atoms with E-state index in [2.05, 4.69) is 177 Å². The van der Waals surface area contributed by atoms with E-state index in [1.165, 1.54) is 36.6 Å². The Morgan fingerprint density at radius 2 is 0.850 bits per heavy atom. The van der Waals surface area contributed by atoms with Gasteiger partial charge in [-0.2, -0.15) is 0 Å². The van der Waals surface area contributed by atoms with Gasteiger partial charge in [0, 0.05) is 17.7 Å². The van der Waals surface area contributed by atoms with E-state index in [1.807, 2.05) is 0 Å². The number of nitrogens with one attached hydrogen (secondary N) is 2. The normalized spacial score (nSPS) is 12.5. The molecule has 2 N–H and O–H groups in total. The van der Waals surface area contributed by atoms with Gasteiger partial charge in [-0.1, -0.05) is 55.4 Å². The van der Waals surface area contributed by atoms with Crippen molar-refractivity contribution >= 4 is 29.5 Å². The fraction of sp³-hybridized carbons (Fsp3) is 1.00. The number of nitrogens with zero attached hydrogens (tertiary/aromatic N) is 6. The Kier molecular flexibility index (Phi) is 30.5. The molecular weight excluding hydrogens is 545 g/mol. The van der Waals surface area contributed by atoms with Gasteiger partial charge >= 0.3 is 0 Å². The molecule has 0 aliphatic rings. The van der Waals surface area contributed by atoms with Gasteiger partial charge < -0.3 is 27.4 Å². The second-order valence-electron chi connectivity index (χ2n) is 13.9. The molecule has 11 heteroatoms. The molecule has 0 aliphatic heterocycles. The predicted molar refractivity (Wildman–Crippen MR) is 195 cm³/mol. The largest absolute Gasteiger partial charge is 0.328 e. The Morgan fingerprint density at radius 3 is 0.950 bits per heavy atom. The summed E-state index contributed by atoms with van der Waals surface area (Å²) in [6.45, 7) is 36.7. The number of rotatable bonds is 13. The zero-order chi connectivity index (χ0) is 32.9. The van der Waals surface area contributed by atoms with Crippen LogP contribution < -0.4 is 10.6 Å². The third-order valence-electron chi connectivity index (χ3n) is 6.44. The molecule has 248 valence electrons. The lowest BCUT2D eigenvalue weighted by Gasteiger charge is -2.33. The van der Waals surface area contributed by atoms with Crippen molar-refractivity contribution < 1.29 is 0 Å². The van der Waals surface area contributed by atoms with Gasteiger partial charge in [0.1, 0.15) is 0 Å². The van der Waals surface area contributed by atoms with E-state index in [0.29, 0.717) is 0 Å². The minimum Gasteiger partial charge on any atom is -0.328 e. The van der Waals surface area contributed by atoms with Gasteiger partial charge in [-0.15, -0.1) is 0 Å². The van der Waals surface area contributed by atoms with Crippen LogP contribution in [-0.2, 0) is 0 Å². The first-order valence-corrected chi connectivity index (χ1v) is 19.4. The number of hydrogen-bond donors (Lipinski definition) is 2. The summed E-state index contributed by atoms with van der Waals surface area (Å²) in [5.74, 6) is 0. The molecule has 0 saturated heterocycles. The summed E-state index contributed by atoms with van der Waals surface area (Å²) in [5, 5.41) is 6.73. The first-order valence-electron chi connectivity index (χ1n) is 15.7. The van der Waals surface area contributed by atoms with Crippen LogP contribution in [0.25, 0.3) is 0 Å². The SMILES string of the molecule is CC(C)(C)NCNC(C)(C)C.CC(C)N([SiH3])C(C)C.CCN(CC)[SiH2]N(CC)CC.CN(C)[SiH](N(C)C)N(C)C. The lowest BCUT2D eigenvalue weighted by Crippen LogP contribution is -2.55. The molecule has 0 spiro atoms. The van der Waals surface area contributed by atoms with Crippen molar-refractivity contribution in [1.29, 1.82) is 0 Å². The monoisotopic (exact) mass is 625 g/mol. The first kappa shape index (κ1) is 47.3. The molecule has 0 unspecified atom stereocenters. The molecule has 0 atom stereocenters. The molecule has 0 heterocycles. The molecule has 0 rings (SSSR count). The molecule has 0 aromatic carbocycles. The maximum absolute atomic E-state index is 3.37. The molecule has 0 aromatic rings. The van der Waals surface area contributed by atoms with Crippen LogP contribution in [0.1, 0.15) is 96.9 Å². The third-order valence-corrected chi connectivity index (χ3v) is 13.9. The quantitative estimate of drug-likeness (QED) is 0.239. The van der Waals surface area contributed by atoms with Gasteiger partial charge in [-0.05, 0) is 122 Å². The maximum Gasteiger partial charge on any atom is 0.271 e. The third kappa shape index (κ3) is 32.8. The van der Waals surface area contributed by atoms with Crippen LogP contribution in [0.3, 0.4) is 0 Å². The summed E-state index contributed by atoms with van der Waals surface area (Å²) in [6.07, 6.45) is 0. The zero-order valence-corrected chi connectivity index (χ0v) is 36.2. The summed E-state index contributed by atoms with van der Waals surface area (Å²) >= 11 is 0. The lowest BCUT2D eigenvalue weighted by molar-refractivity contribution is 0.320. The zero-order valence-electron chi connectivity index (χ0n) is 31.7. The second kappa shape index (κ2) is 25.8. The van der Waals surface area contributed by atoms with Gasteiger partial charge in [0.25, 0.3) is 9.28 Å². The molecule has 40 heavy (non-hydrogen) atoms. The summed E-state index contributed by atoms with van der Waals surface area (Å²) in [4.78, 5) is 0. The molecule has 0 saturated carbocycles. The Bertz CT molecular complexity index is 477. The van der Waals surface area contributed by atoms with E-state index >= 15 is 0 Å². The van der Waals surface area contributed by atoms with E-state index in [0.717, 1.165) is 18.8 Å². The Balaban J connectivity index is -0.000000218. The van der Waals surface area contributed by atoms with Gasteiger partial charge in [-0.25, -0.2) is 0 Å². The Labute approximate surface area is 262 Å². The Hall–Kier alpha value is 0.331. The fourth-order valence-corrected chi connectivity index (χ4v) is 7.82. The fourth-order valence-electron chi connectivity index (χ4n) is 3.69. The highest BCUT2D eigenvalue weighted by molar-refractivity contribution is 6.49. The van der Waals surface area contributed by atoms with E-state index in [4.69, 9.17) is 0 Å². The second-order valence-corrected chi connectivity index (χ2v) is 20.8. The van der Waals surface area contributed by atoms with Crippen LogP contribution >= 0.6 is 0 Å². The van der Waals surface area contributed by atoms with E-state index < -0.39 is 9.28 Å². The Morgan fingerprint density at radius 1 is 0.600 bits per heavy atom. The molecule has 0 aromatic heterocycles. The van der Waals surface area contributed by atoms with Gasteiger partial charge in [0.05, 0.1) is 10.4 Å². The summed E-state index contributed by atoms with van der Waals surface area (Å²) < 4.78 is 14.5. The van der Waals surface area contributed by atoms with Crippen molar-refractivity contribution in [2.45, 2.75) is 120 Å². The summed E-state index contributed by atoms with van der Waals surface area (Å²) in [7, 11) is 13.0. The highest BCUT2D eigenvalue weighted by Crippen LogP contribution is 2.00. The minimum atomic E-state index is -0.954. The van der Waals surface area contributed by atoms with Crippen LogP contribution in [0.4, 0.5) is 0 Å². The van der Waals surface area contributed by atoms with Crippen molar-refractivity contribution in [3.05, 3.63) is 0 Å². The lowest BCUT2D eigenvalue weighted by atomic mass is 10.1. The smallest absolute Gasteiger partial charge is 0.271 e. The molecule has 8 nitrogen and oxygen atoms in total. The predicted octanol–water partition coefficient (Wildman–Crippen LogP) is 2.16. The van der Waals surface area contributed by atoms with Crippen LogP contribution in [-0.4, -0.2) is 155 Å². The molecule has 0 aliphatic carbocycles. The van der Waals surface area contributed by atoms with Crippen LogP contribution in [0.15, 0.2) is 0 Å². The van der Waals surface area contributed by atoms with Crippen LogP contribution in [0.2, 0.25) is 0 Å².